The second kappa shape index (κ2) is 8.35. The number of hydrogen-bond acceptors (Lipinski definition) is 6. The molecule has 0 aliphatic heterocycles. The van der Waals surface area contributed by atoms with E-state index in [-0.39, 0.29) is 31.1 Å². The third-order valence-electron chi connectivity index (χ3n) is 2.07. The topological polar surface area (TPSA) is 98.9 Å². The molecule has 9 heteroatoms. The van der Waals surface area contributed by atoms with Crippen molar-refractivity contribution in [3.8, 4) is 0 Å². The first-order valence-electron chi connectivity index (χ1n) is 5.15. The molecule has 0 aliphatic carbocycles. The van der Waals surface area contributed by atoms with Crippen molar-refractivity contribution < 1.29 is 22.7 Å². The van der Waals surface area contributed by atoms with E-state index in [1.165, 1.54) is 7.11 Å². The standard InChI is InChI=1S/C9H18N2O5S2/c1-15-6-5-11(4-3-8(10)17)18(13,14)7-9(12)16-2/h3-7H2,1-2H3,(H2,10,17). The van der Waals surface area contributed by atoms with Crippen molar-refractivity contribution in [3.05, 3.63) is 0 Å². The van der Waals surface area contributed by atoms with Crippen LogP contribution in [0.2, 0.25) is 0 Å². The van der Waals surface area contributed by atoms with Crippen LogP contribution in [0.5, 0.6) is 0 Å². The molecule has 0 amide bonds. The highest BCUT2D eigenvalue weighted by Gasteiger charge is 2.25. The van der Waals surface area contributed by atoms with Crippen molar-refractivity contribution in [2.75, 3.05) is 39.7 Å². The van der Waals surface area contributed by atoms with E-state index in [1.807, 2.05) is 0 Å². The molecule has 0 atom stereocenters. The number of methoxy groups -OCH3 is 2. The molecule has 106 valence electrons. The van der Waals surface area contributed by atoms with E-state index in [9.17, 15) is 13.2 Å². The number of ether oxygens (including phenoxy) is 2. The highest BCUT2D eigenvalue weighted by molar-refractivity contribution is 7.89. The summed E-state index contributed by atoms with van der Waals surface area (Å²) in [7, 11) is -1.15. The first-order chi connectivity index (χ1) is 8.33. The fourth-order valence-electron chi connectivity index (χ4n) is 1.12. The Kier molecular flexibility index (Phi) is 8.00. The lowest BCUT2D eigenvalue weighted by atomic mass is 10.4. The van der Waals surface area contributed by atoms with Gasteiger partial charge in [0, 0.05) is 26.6 Å². The maximum atomic E-state index is 11.9. The summed E-state index contributed by atoms with van der Waals surface area (Å²) in [6, 6.07) is 0. The summed E-state index contributed by atoms with van der Waals surface area (Å²) in [5.41, 5.74) is 5.33. The minimum absolute atomic E-state index is 0.123. The summed E-state index contributed by atoms with van der Waals surface area (Å²) >= 11 is 4.69. The molecule has 0 aliphatic rings. The number of nitrogens with zero attached hydrogens (tertiary/aromatic N) is 1. The number of sulfonamides is 1. The number of nitrogens with two attached hydrogens (primary N) is 1. The van der Waals surface area contributed by atoms with Crippen LogP contribution in [0, 0.1) is 0 Å². The average molecular weight is 298 g/mol. The van der Waals surface area contributed by atoms with E-state index in [4.69, 9.17) is 22.7 Å². The fourth-order valence-corrected chi connectivity index (χ4v) is 2.53. The smallest absolute Gasteiger partial charge is 0.322 e. The van der Waals surface area contributed by atoms with Crippen LogP contribution in [-0.2, 0) is 24.3 Å². The van der Waals surface area contributed by atoms with Gasteiger partial charge < -0.3 is 15.2 Å². The summed E-state index contributed by atoms with van der Waals surface area (Å²) in [6.45, 7) is 0.480. The van der Waals surface area contributed by atoms with E-state index in [0.717, 1.165) is 11.4 Å². The molecule has 7 nitrogen and oxygen atoms in total. The molecule has 18 heavy (non-hydrogen) atoms. The molecule has 0 aromatic carbocycles. The fraction of sp³-hybridized carbons (Fsp3) is 0.778. The largest absolute Gasteiger partial charge is 0.468 e. The van der Waals surface area contributed by atoms with E-state index >= 15 is 0 Å². The lowest BCUT2D eigenvalue weighted by Crippen LogP contribution is -2.39. The molecule has 0 radical (unpaired) electrons. The number of hydrogen-bond donors (Lipinski definition) is 1. The van der Waals surface area contributed by atoms with Crippen LogP contribution in [0.1, 0.15) is 6.42 Å². The van der Waals surface area contributed by atoms with Crippen molar-refractivity contribution in [2.24, 2.45) is 5.73 Å². The van der Waals surface area contributed by atoms with Gasteiger partial charge in [-0.15, -0.1) is 0 Å². The van der Waals surface area contributed by atoms with Gasteiger partial charge in [-0.2, -0.15) is 4.31 Å². The van der Waals surface area contributed by atoms with Gasteiger partial charge in [0.25, 0.3) is 0 Å². The van der Waals surface area contributed by atoms with Gasteiger partial charge in [0.1, 0.15) is 0 Å². The van der Waals surface area contributed by atoms with Gasteiger partial charge in [0.05, 0.1) is 18.7 Å². The lowest BCUT2D eigenvalue weighted by molar-refractivity contribution is -0.137. The minimum atomic E-state index is -3.74. The maximum Gasteiger partial charge on any atom is 0.322 e. The van der Waals surface area contributed by atoms with E-state index in [1.54, 1.807) is 0 Å². The summed E-state index contributed by atoms with van der Waals surface area (Å²) in [4.78, 5) is 11.2. The molecular formula is C9H18N2O5S2. The van der Waals surface area contributed by atoms with Crippen LogP contribution in [0.3, 0.4) is 0 Å². The van der Waals surface area contributed by atoms with Gasteiger partial charge in [-0.1, -0.05) is 12.2 Å². The lowest BCUT2D eigenvalue weighted by Gasteiger charge is -2.20. The summed E-state index contributed by atoms with van der Waals surface area (Å²) < 4.78 is 34.1. The molecular weight excluding hydrogens is 280 g/mol. The molecule has 0 rings (SSSR count). The summed E-state index contributed by atoms with van der Waals surface area (Å²) in [5, 5.41) is 0. The third-order valence-corrected chi connectivity index (χ3v) is 4.03. The Morgan fingerprint density at radius 3 is 2.39 bits per heavy atom. The summed E-state index contributed by atoms with van der Waals surface area (Å²) in [5.74, 6) is -1.52. The van der Waals surface area contributed by atoms with Crippen LogP contribution in [0.25, 0.3) is 0 Å². The van der Waals surface area contributed by atoms with Crippen molar-refractivity contribution in [1.29, 1.82) is 0 Å². The Morgan fingerprint density at radius 2 is 1.94 bits per heavy atom. The SMILES string of the molecule is COCCN(CCC(N)=S)S(=O)(=O)CC(=O)OC. The highest BCUT2D eigenvalue weighted by Crippen LogP contribution is 2.04. The number of esters is 1. The Labute approximate surface area is 112 Å². The van der Waals surface area contributed by atoms with E-state index in [0.29, 0.717) is 0 Å². The van der Waals surface area contributed by atoms with Crippen molar-refractivity contribution in [2.45, 2.75) is 6.42 Å². The first-order valence-corrected chi connectivity index (χ1v) is 7.17. The number of thiocarbonyl (C=S) groups is 1. The minimum Gasteiger partial charge on any atom is -0.468 e. The molecule has 0 saturated heterocycles. The van der Waals surface area contributed by atoms with Crippen LogP contribution >= 0.6 is 12.2 Å². The Hall–Kier alpha value is -0.770. The second-order valence-corrected chi connectivity index (χ2v) is 5.93. The van der Waals surface area contributed by atoms with Gasteiger partial charge >= 0.3 is 5.97 Å². The number of carbonyl (C=O) groups excluding carboxylic acids is 1. The van der Waals surface area contributed by atoms with Gasteiger partial charge in [0.15, 0.2) is 5.75 Å². The molecule has 2 N–H and O–H groups in total. The zero-order chi connectivity index (χ0) is 14.2. The Balaban J connectivity index is 4.69. The normalized spacial score (nSPS) is 11.5. The third kappa shape index (κ3) is 6.84. The maximum absolute atomic E-state index is 11.9. The zero-order valence-corrected chi connectivity index (χ0v) is 12.1. The predicted octanol–water partition coefficient (Wildman–Crippen LogP) is -0.886. The van der Waals surface area contributed by atoms with Crippen LogP contribution in [-0.4, -0.2) is 63.3 Å². The van der Waals surface area contributed by atoms with Crippen LogP contribution in [0.4, 0.5) is 0 Å². The molecule has 0 unspecified atom stereocenters. The molecule has 0 saturated carbocycles. The molecule has 0 spiro atoms. The zero-order valence-electron chi connectivity index (χ0n) is 10.4. The quantitative estimate of drug-likeness (QED) is 0.435. The average Bonchev–Trinajstić information content (AvgIpc) is 2.27. The molecule has 0 heterocycles. The predicted molar refractivity (Wildman–Crippen MR) is 70.7 cm³/mol. The molecule has 0 aromatic heterocycles. The summed E-state index contributed by atoms with van der Waals surface area (Å²) in [6.07, 6.45) is 0.249. The first kappa shape index (κ1) is 17.2. The Morgan fingerprint density at radius 1 is 1.33 bits per heavy atom. The monoisotopic (exact) mass is 298 g/mol. The van der Waals surface area contributed by atoms with Crippen LogP contribution < -0.4 is 5.73 Å². The number of rotatable bonds is 9. The van der Waals surface area contributed by atoms with Crippen molar-refractivity contribution >= 4 is 33.2 Å². The van der Waals surface area contributed by atoms with E-state index < -0.39 is 21.7 Å². The van der Waals surface area contributed by atoms with Gasteiger partial charge in [-0.05, 0) is 0 Å². The van der Waals surface area contributed by atoms with Gasteiger partial charge in [-0.3, -0.25) is 4.79 Å². The number of carbonyl (C=O) groups is 1. The molecule has 0 aromatic rings. The van der Waals surface area contributed by atoms with E-state index in [2.05, 4.69) is 4.74 Å². The molecule has 0 bridgehead atoms. The van der Waals surface area contributed by atoms with Gasteiger partial charge in [0.2, 0.25) is 10.0 Å². The highest BCUT2D eigenvalue weighted by atomic mass is 32.2. The second-order valence-electron chi connectivity index (χ2n) is 3.44. The van der Waals surface area contributed by atoms with Crippen LogP contribution in [0.15, 0.2) is 0 Å². The van der Waals surface area contributed by atoms with Gasteiger partial charge in [-0.25, -0.2) is 8.42 Å². The molecule has 0 fully saturated rings. The van der Waals surface area contributed by atoms with Crippen molar-refractivity contribution in [3.63, 3.8) is 0 Å². The Bertz CT molecular complexity index is 382. The van der Waals surface area contributed by atoms with Crippen molar-refractivity contribution in [1.82, 2.24) is 4.31 Å².